The first kappa shape index (κ1) is 11.1. The number of unbranched alkanes of at least 4 members (excludes halogenated alkanes) is 4. The Kier molecular flexibility index (Phi) is 6.34. The fourth-order valence-electron chi connectivity index (χ4n) is 0.887. The molecule has 2 nitrogen and oxygen atoms in total. The molecule has 0 amide bonds. The maximum Gasteiger partial charge on any atom is 0.364 e. The first-order valence-electron chi connectivity index (χ1n) is 4.27. The van der Waals surface area contributed by atoms with Gasteiger partial charge >= 0.3 is 5.97 Å². The molecule has 12 heavy (non-hydrogen) atoms. The van der Waals surface area contributed by atoms with Crippen molar-refractivity contribution in [3.63, 3.8) is 0 Å². The average Bonchev–Trinajstić information content (AvgIpc) is 2.03. The lowest BCUT2D eigenvalue weighted by atomic mass is 10.1. The van der Waals surface area contributed by atoms with Crippen LogP contribution in [-0.2, 0) is 4.79 Å². The Labute approximate surface area is 72.1 Å². The van der Waals surface area contributed by atoms with Gasteiger partial charge in [-0.05, 0) is 18.9 Å². The summed E-state index contributed by atoms with van der Waals surface area (Å²) in [6, 6.07) is 0. The van der Waals surface area contributed by atoms with Gasteiger partial charge in [-0.15, -0.1) is 0 Å². The fourth-order valence-corrected chi connectivity index (χ4v) is 0.887. The Morgan fingerprint density at radius 2 is 2.08 bits per heavy atom. The van der Waals surface area contributed by atoms with Gasteiger partial charge in [-0.3, -0.25) is 0 Å². The lowest BCUT2D eigenvalue weighted by Crippen LogP contribution is -1.94. The second-order valence-electron chi connectivity index (χ2n) is 2.71. The van der Waals surface area contributed by atoms with Gasteiger partial charge in [0, 0.05) is 0 Å². The zero-order valence-corrected chi connectivity index (χ0v) is 7.35. The molecule has 0 atom stereocenters. The summed E-state index contributed by atoms with van der Waals surface area (Å²) >= 11 is 0. The van der Waals surface area contributed by atoms with Gasteiger partial charge in [0.2, 0.25) is 5.83 Å². The Hall–Kier alpha value is -0.860. The molecule has 0 aromatic heterocycles. The van der Waals surface area contributed by atoms with E-state index in [4.69, 9.17) is 5.11 Å². The number of carboxylic acids is 1. The van der Waals surface area contributed by atoms with E-state index in [2.05, 4.69) is 6.92 Å². The van der Waals surface area contributed by atoms with Gasteiger partial charge in [0.25, 0.3) is 0 Å². The maximum absolute atomic E-state index is 12.3. The van der Waals surface area contributed by atoms with E-state index in [1.165, 1.54) is 0 Å². The highest BCUT2D eigenvalue weighted by Gasteiger charge is 2.02. The summed E-state index contributed by atoms with van der Waals surface area (Å²) < 4.78 is 12.3. The second kappa shape index (κ2) is 6.83. The summed E-state index contributed by atoms with van der Waals surface area (Å²) in [5.41, 5.74) is 0. The molecule has 1 N–H and O–H groups in total. The van der Waals surface area contributed by atoms with Gasteiger partial charge in [0.1, 0.15) is 0 Å². The molecule has 0 spiro atoms. The molecule has 0 aromatic carbocycles. The first-order valence-corrected chi connectivity index (χ1v) is 4.27. The molecule has 0 aromatic rings. The summed E-state index contributed by atoms with van der Waals surface area (Å²) in [5.74, 6) is -2.50. The Balaban J connectivity index is 3.40. The van der Waals surface area contributed by atoms with E-state index in [0.29, 0.717) is 6.42 Å². The Morgan fingerprint density at radius 1 is 1.42 bits per heavy atom. The van der Waals surface area contributed by atoms with Crippen LogP contribution in [0.5, 0.6) is 0 Å². The number of halogens is 1. The Bertz CT molecular complexity index is 164. The largest absolute Gasteiger partial charge is 0.476 e. The molecule has 0 aliphatic heterocycles. The molecule has 0 bridgehead atoms. The third kappa shape index (κ3) is 5.89. The van der Waals surface area contributed by atoms with Crippen LogP contribution in [0.15, 0.2) is 11.9 Å². The predicted molar refractivity (Wildman–Crippen MR) is 45.6 cm³/mol. The minimum atomic E-state index is -1.47. The zero-order chi connectivity index (χ0) is 9.40. The summed E-state index contributed by atoms with van der Waals surface area (Å²) in [7, 11) is 0. The van der Waals surface area contributed by atoms with E-state index in [0.717, 1.165) is 31.8 Å². The van der Waals surface area contributed by atoms with E-state index in [-0.39, 0.29) is 0 Å². The minimum absolute atomic E-state index is 0.526. The third-order valence-electron chi connectivity index (χ3n) is 1.59. The number of allylic oxidation sites excluding steroid dienone is 1. The predicted octanol–water partition coefficient (Wildman–Crippen LogP) is 2.89. The smallest absolute Gasteiger partial charge is 0.364 e. The molecule has 0 aliphatic carbocycles. The average molecular weight is 174 g/mol. The zero-order valence-electron chi connectivity index (χ0n) is 7.35. The molecule has 70 valence electrons. The van der Waals surface area contributed by atoms with Crippen molar-refractivity contribution in [1.82, 2.24) is 0 Å². The van der Waals surface area contributed by atoms with Crippen LogP contribution in [0, 0.1) is 0 Å². The van der Waals surface area contributed by atoms with Crippen molar-refractivity contribution >= 4 is 5.97 Å². The van der Waals surface area contributed by atoms with Crippen LogP contribution >= 0.6 is 0 Å². The minimum Gasteiger partial charge on any atom is -0.476 e. The number of carbonyl (C=O) groups is 1. The number of hydrogen-bond donors (Lipinski definition) is 1. The van der Waals surface area contributed by atoms with Gasteiger partial charge in [-0.2, -0.15) is 4.39 Å². The Morgan fingerprint density at radius 3 is 2.58 bits per heavy atom. The summed E-state index contributed by atoms with van der Waals surface area (Å²) in [6.07, 6.45) is 5.83. The molecular weight excluding hydrogens is 159 g/mol. The molecule has 0 heterocycles. The number of aliphatic carboxylic acids is 1. The normalized spacial score (nSPS) is 11.7. The van der Waals surface area contributed by atoms with Gasteiger partial charge in [0.05, 0.1) is 0 Å². The van der Waals surface area contributed by atoms with Gasteiger partial charge < -0.3 is 5.11 Å². The number of rotatable bonds is 6. The standard InChI is InChI=1S/C9H15FO2/c1-2-3-4-5-6-7-8(10)9(11)12/h7H,2-6H2,1H3,(H,11,12)/b8-7+. The van der Waals surface area contributed by atoms with Gasteiger partial charge in [-0.25, -0.2) is 4.79 Å². The number of hydrogen-bond acceptors (Lipinski definition) is 1. The summed E-state index contributed by atoms with van der Waals surface area (Å²) in [4.78, 5) is 9.98. The molecule has 3 heteroatoms. The maximum atomic E-state index is 12.3. The van der Waals surface area contributed by atoms with Crippen molar-refractivity contribution in [2.75, 3.05) is 0 Å². The highest BCUT2D eigenvalue weighted by atomic mass is 19.1. The van der Waals surface area contributed by atoms with E-state index < -0.39 is 11.8 Å². The van der Waals surface area contributed by atoms with Crippen molar-refractivity contribution in [3.8, 4) is 0 Å². The lowest BCUT2D eigenvalue weighted by molar-refractivity contribution is -0.134. The van der Waals surface area contributed by atoms with Crippen molar-refractivity contribution in [1.29, 1.82) is 0 Å². The van der Waals surface area contributed by atoms with Crippen molar-refractivity contribution in [2.24, 2.45) is 0 Å². The van der Waals surface area contributed by atoms with Crippen LogP contribution < -0.4 is 0 Å². The second-order valence-corrected chi connectivity index (χ2v) is 2.71. The third-order valence-corrected chi connectivity index (χ3v) is 1.59. The molecule has 0 fully saturated rings. The van der Waals surface area contributed by atoms with Crippen molar-refractivity contribution in [2.45, 2.75) is 39.0 Å². The highest BCUT2D eigenvalue weighted by Crippen LogP contribution is 2.06. The number of carboxylic acid groups (broad SMARTS) is 1. The topological polar surface area (TPSA) is 37.3 Å². The van der Waals surface area contributed by atoms with Gasteiger partial charge in [-0.1, -0.05) is 26.2 Å². The van der Waals surface area contributed by atoms with Gasteiger partial charge in [0.15, 0.2) is 0 Å². The highest BCUT2D eigenvalue weighted by molar-refractivity contribution is 5.83. The summed E-state index contributed by atoms with van der Waals surface area (Å²) in [5, 5.41) is 8.14. The molecule has 0 aliphatic rings. The SMILES string of the molecule is CCCCCC/C=C(/F)C(=O)O. The monoisotopic (exact) mass is 174 g/mol. The molecule has 0 unspecified atom stereocenters. The van der Waals surface area contributed by atoms with Crippen molar-refractivity contribution < 1.29 is 14.3 Å². The van der Waals surface area contributed by atoms with E-state index in [9.17, 15) is 9.18 Å². The quantitative estimate of drug-likeness (QED) is 0.496. The summed E-state index contributed by atoms with van der Waals surface area (Å²) in [6.45, 7) is 2.09. The van der Waals surface area contributed by atoms with Crippen molar-refractivity contribution in [3.05, 3.63) is 11.9 Å². The lowest BCUT2D eigenvalue weighted by Gasteiger charge is -1.94. The molecule has 0 saturated heterocycles. The van der Waals surface area contributed by atoms with E-state index >= 15 is 0 Å². The molecule has 0 saturated carbocycles. The molecule has 0 radical (unpaired) electrons. The van der Waals surface area contributed by atoms with Crippen LogP contribution in [0.1, 0.15) is 39.0 Å². The molecular formula is C9H15FO2. The van der Waals surface area contributed by atoms with Crippen LogP contribution in [0.2, 0.25) is 0 Å². The van der Waals surface area contributed by atoms with E-state index in [1.54, 1.807) is 0 Å². The van der Waals surface area contributed by atoms with E-state index in [1.807, 2.05) is 0 Å². The first-order chi connectivity index (χ1) is 5.68. The van der Waals surface area contributed by atoms with Crippen LogP contribution in [0.3, 0.4) is 0 Å². The van der Waals surface area contributed by atoms with Crippen LogP contribution in [-0.4, -0.2) is 11.1 Å². The molecule has 0 rings (SSSR count). The fraction of sp³-hybridized carbons (Fsp3) is 0.667. The van der Waals surface area contributed by atoms with Crippen LogP contribution in [0.25, 0.3) is 0 Å². The van der Waals surface area contributed by atoms with Crippen LogP contribution in [0.4, 0.5) is 4.39 Å².